The zero-order chi connectivity index (χ0) is 19.0. The molecule has 2 heterocycles. The van der Waals surface area contributed by atoms with Crippen molar-refractivity contribution in [3.63, 3.8) is 0 Å². The summed E-state index contributed by atoms with van der Waals surface area (Å²) in [7, 11) is 0. The van der Waals surface area contributed by atoms with Crippen LogP contribution in [0.15, 0.2) is 54.6 Å². The number of amides is 1. The first-order chi connectivity index (χ1) is 13.1. The van der Waals surface area contributed by atoms with Crippen molar-refractivity contribution in [3.05, 3.63) is 70.7 Å². The van der Waals surface area contributed by atoms with E-state index in [0.717, 1.165) is 30.2 Å². The lowest BCUT2D eigenvalue weighted by atomic mass is 9.60. The van der Waals surface area contributed by atoms with E-state index in [2.05, 4.69) is 23.1 Å². The molecule has 1 spiro atoms. The third kappa shape index (κ3) is 3.06. The van der Waals surface area contributed by atoms with Gasteiger partial charge in [0.15, 0.2) is 0 Å². The minimum absolute atomic E-state index is 0.0465. The van der Waals surface area contributed by atoms with Gasteiger partial charge in [-0.15, -0.1) is 0 Å². The maximum atomic E-state index is 12.2. The van der Waals surface area contributed by atoms with Gasteiger partial charge in [-0.2, -0.15) is 0 Å². The quantitative estimate of drug-likeness (QED) is 0.860. The van der Waals surface area contributed by atoms with Crippen molar-refractivity contribution in [1.29, 1.82) is 0 Å². The van der Waals surface area contributed by atoms with E-state index in [1.807, 2.05) is 48.2 Å². The number of benzene rings is 2. The maximum absolute atomic E-state index is 12.2. The Morgan fingerprint density at radius 1 is 1.19 bits per heavy atom. The summed E-state index contributed by atoms with van der Waals surface area (Å²) in [5, 5.41) is 10.9. The van der Waals surface area contributed by atoms with Gasteiger partial charge in [0.25, 0.3) is 0 Å². The average Bonchev–Trinajstić information content (AvgIpc) is 2.64. The van der Waals surface area contributed by atoms with Gasteiger partial charge in [-0.25, -0.2) is 0 Å². The number of hydrogen-bond acceptors (Lipinski definition) is 3. The summed E-state index contributed by atoms with van der Waals surface area (Å²) in [4.78, 5) is 16.5. The van der Waals surface area contributed by atoms with Crippen molar-refractivity contribution >= 4 is 17.5 Å². The van der Waals surface area contributed by atoms with Crippen LogP contribution in [0, 0.1) is 0 Å². The van der Waals surface area contributed by atoms with Crippen LogP contribution >= 0.6 is 11.6 Å². The van der Waals surface area contributed by atoms with Gasteiger partial charge in [-0.05, 0) is 23.3 Å². The Morgan fingerprint density at radius 2 is 1.93 bits per heavy atom. The van der Waals surface area contributed by atoms with Gasteiger partial charge in [0.05, 0.1) is 12.1 Å². The van der Waals surface area contributed by atoms with Crippen molar-refractivity contribution in [2.45, 2.75) is 37.4 Å². The molecule has 0 aromatic heterocycles. The number of halogens is 1. The molecular formula is C22H25ClN2O2. The molecule has 142 valence electrons. The van der Waals surface area contributed by atoms with Gasteiger partial charge in [0, 0.05) is 43.0 Å². The summed E-state index contributed by atoms with van der Waals surface area (Å²) in [5.41, 5.74) is 2.26. The molecule has 4 rings (SSSR count). The molecule has 2 atom stereocenters. The Bertz CT molecular complexity index is 820. The van der Waals surface area contributed by atoms with Crippen LogP contribution in [0.1, 0.15) is 30.4 Å². The van der Waals surface area contributed by atoms with Gasteiger partial charge in [0.1, 0.15) is 0 Å². The van der Waals surface area contributed by atoms with Gasteiger partial charge in [0.2, 0.25) is 5.91 Å². The zero-order valence-electron chi connectivity index (χ0n) is 15.5. The van der Waals surface area contributed by atoms with E-state index >= 15 is 0 Å². The highest BCUT2D eigenvalue weighted by atomic mass is 35.5. The molecule has 0 bridgehead atoms. The van der Waals surface area contributed by atoms with Crippen LogP contribution in [-0.4, -0.2) is 52.1 Å². The standard InChI is InChI=1S/C22H25ClN2O2/c1-2-20(27)24-14-22(15-24)21(17-8-4-3-5-9-17)19(13-26)25(22)12-16-7-6-10-18(23)11-16/h3-11,19,21,26H,2,12-15H2,1H3/t19-,21+/m1/s1. The molecule has 2 aliphatic rings. The molecule has 2 fully saturated rings. The molecule has 2 aromatic carbocycles. The molecule has 4 nitrogen and oxygen atoms in total. The molecule has 2 aromatic rings. The average molecular weight is 385 g/mol. The number of nitrogens with zero attached hydrogens (tertiary/aromatic N) is 2. The summed E-state index contributed by atoms with van der Waals surface area (Å²) in [6, 6.07) is 18.3. The highest BCUT2D eigenvalue weighted by molar-refractivity contribution is 6.30. The number of hydrogen-bond donors (Lipinski definition) is 1. The van der Waals surface area contributed by atoms with Crippen LogP contribution in [0.25, 0.3) is 0 Å². The second kappa shape index (κ2) is 7.27. The Kier molecular flexibility index (Phi) is 4.97. The van der Waals surface area contributed by atoms with Gasteiger partial charge < -0.3 is 10.0 Å². The van der Waals surface area contributed by atoms with E-state index in [1.54, 1.807) is 0 Å². The van der Waals surface area contributed by atoms with Crippen molar-refractivity contribution in [3.8, 4) is 0 Å². The number of carbonyl (C=O) groups is 1. The van der Waals surface area contributed by atoms with E-state index in [0.29, 0.717) is 6.42 Å². The van der Waals surface area contributed by atoms with Crippen LogP contribution in [0.4, 0.5) is 0 Å². The molecule has 0 radical (unpaired) electrons. The van der Waals surface area contributed by atoms with E-state index in [4.69, 9.17) is 11.6 Å². The molecule has 1 N–H and O–H groups in total. The molecule has 0 unspecified atom stereocenters. The Labute approximate surface area is 165 Å². The Morgan fingerprint density at radius 3 is 2.56 bits per heavy atom. The summed E-state index contributed by atoms with van der Waals surface area (Å²) in [6.45, 7) is 4.17. The molecule has 1 amide bonds. The molecule has 0 saturated carbocycles. The molecular weight excluding hydrogens is 360 g/mol. The second-order valence-electron chi connectivity index (χ2n) is 7.60. The predicted octanol–water partition coefficient (Wildman–Crippen LogP) is 3.29. The van der Waals surface area contributed by atoms with E-state index < -0.39 is 0 Å². The van der Waals surface area contributed by atoms with E-state index in [9.17, 15) is 9.90 Å². The van der Waals surface area contributed by atoms with Gasteiger partial charge >= 0.3 is 0 Å². The fourth-order valence-electron chi connectivity index (χ4n) is 4.86. The van der Waals surface area contributed by atoms with E-state index in [-0.39, 0.29) is 30.0 Å². The minimum atomic E-state index is -0.109. The lowest BCUT2D eigenvalue weighted by molar-refractivity contribution is -0.200. The monoisotopic (exact) mass is 384 g/mol. The lowest BCUT2D eigenvalue weighted by Crippen LogP contribution is -2.84. The highest BCUT2D eigenvalue weighted by Gasteiger charge is 2.65. The summed E-state index contributed by atoms with van der Waals surface area (Å²) >= 11 is 6.17. The van der Waals surface area contributed by atoms with Crippen molar-refractivity contribution in [2.24, 2.45) is 0 Å². The van der Waals surface area contributed by atoms with Crippen LogP contribution < -0.4 is 0 Å². The summed E-state index contributed by atoms with van der Waals surface area (Å²) in [6.07, 6.45) is 0.532. The SMILES string of the molecule is CCC(=O)N1CC2(C1)[C@@H](c1ccccc1)[C@@H](CO)N2Cc1cccc(Cl)c1. The van der Waals surface area contributed by atoms with Crippen LogP contribution in [0.3, 0.4) is 0 Å². The molecule has 2 aliphatic heterocycles. The van der Waals surface area contributed by atoms with Crippen LogP contribution in [0.5, 0.6) is 0 Å². The van der Waals surface area contributed by atoms with E-state index in [1.165, 1.54) is 5.56 Å². The molecule has 5 heteroatoms. The normalized spacial score (nSPS) is 23.7. The second-order valence-corrected chi connectivity index (χ2v) is 8.04. The fourth-order valence-corrected chi connectivity index (χ4v) is 5.07. The van der Waals surface area contributed by atoms with Crippen molar-refractivity contribution in [1.82, 2.24) is 9.80 Å². The third-order valence-electron chi connectivity index (χ3n) is 6.11. The maximum Gasteiger partial charge on any atom is 0.222 e. The van der Waals surface area contributed by atoms with Crippen molar-refractivity contribution in [2.75, 3.05) is 19.7 Å². The fraction of sp³-hybridized carbons (Fsp3) is 0.409. The minimum Gasteiger partial charge on any atom is -0.395 e. The number of aliphatic hydroxyl groups excluding tert-OH is 1. The van der Waals surface area contributed by atoms with Gasteiger partial charge in [-0.1, -0.05) is 61.0 Å². The highest BCUT2D eigenvalue weighted by Crippen LogP contribution is 2.54. The topological polar surface area (TPSA) is 43.8 Å². The molecule has 0 aliphatic carbocycles. The first-order valence-electron chi connectivity index (χ1n) is 9.54. The number of rotatable bonds is 5. The largest absolute Gasteiger partial charge is 0.395 e. The summed E-state index contributed by atoms with van der Waals surface area (Å²) in [5.74, 6) is 0.423. The first-order valence-corrected chi connectivity index (χ1v) is 9.91. The Balaban J connectivity index is 1.64. The van der Waals surface area contributed by atoms with Gasteiger partial charge in [-0.3, -0.25) is 9.69 Å². The number of carbonyl (C=O) groups excluding carboxylic acids is 1. The number of likely N-dealkylation sites (tertiary alicyclic amines) is 2. The summed E-state index contributed by atoms with van der Waals surface area (Å²) < 4.78 is 0. The van der Waals surface area contributed by atoms with Crippen molar-refractivity contribution < 1.29 is 9.90 Å². The lowest BCUT2D eigenvalue weighted by Gasteiger charge is -2.71. The predicted molar refractivity (Wildman–Crippen MR) is 107 cm³/mol. The number of aliphatic hydroxyl groups is 1. The smallest absolute Gasteiger partial charge is 0.222 e. The van der Waals surface area contributed by atoms with Crippen LogP contribution in [0.2, 0.25) is 5.02 Å². The zero-order valence-corrected chi connectivity index (χ0v) is 16.3. The first kappa shape index (κ1) is 18.5. The third-order valence-corrected chi connectivity index (χ3v) is 6.34. The molecule has 2 saturated heterocycles. The Hall–Kier alpha value is -1.88. The van der Waals surface area contributed by atoms with Crippen LogP contribution in [-0.2, 0) is 11.3 Å². The molecule has 27 heavy (non-hydrogen) atoms.